The number of carbonyl (C=O) groups is 1. The minimum absolute atomic E-state index is 0.120. The fourth-order valence-electron chi connectivity index (χ4n) is 2.64. The second kappa shape index (κ2) is 7.90. The van der Waals surface area contributed by atoms with E-state index in [1.165, 1.54) is 12.1 Å². The second-order valence-corrected chi connectivity index (χ2v) is 6.11. The predicted molar refractivity (Wildman–Crippen MR) is 98.3 cm³/mol. The fraction of sp³-hybridized carbons (Fsp3) is 0.150. The normalized spacial score (nSPS) is 10.6. The van der Waals surface area contributed by atoms with Crippen molar-refractivity contribution >= 4 is 11.6 Å². The number of amides is 1. The molecule has 0 unspecified atom stereocenters. The van der Waals surface area contributed by atoms with E-state index in [1.807, 2.05) is 0 Å². The van der Waals surface area contributed by atoms with Crippen molar-refractivity contribution in [2.45, 2.75) is 19.8 Å². The Hall–Kier alpha value is -3.35. The number of aryl methyl sites for hydroxylation is 2. The summed E-state index contributed by atoms with van der Waals surface area (Å²) in [4.78, 5) is 30.7. The first-order valence-corrected chi connectivity index (χ1v) is 8.33. The molecule has 2 N–H and O–H groups in total. The number of nitrogens with one attached hydrogen (secondary N) is 2. The first-order chi connectivity index (χ1) is 12.9. The predicted octanol–water partition coefficient (Wildman–Crippen LogP) is 3.59. The molecule has 0 fully saturated rings. The number of aromatic nitrogens is 2. The maximum Gasteiger partial charge on any atom is 0.251 e. The van der Waals surface area contributed by atoms with Crippen LogP contribution < -0.4 is 10.9 Å². The van der Waals surface area contributed by atoms with Crippen LogP contribution in [0.5, 0.6) is 0 Å². The molecule has 1 amide bonds. The third kappa shape index (κ3) is 4.84. The van der Waals surface area contributed by atoms with Crippen LogP contribution in [-0.2, 0) is 11.2 Å². The van der Waals surface area contributed by atoms with Gasteiger partial charge in [0.05, 0.1) is 0 Å². The molecule has 5 nitrogen and oxygen atoms in total. The van der Waals surface area contributed by atoms with E-state index in [4.69, 9.17) is 0 Å². The van der Waals surface area contributed by atoms with E-state index in [9.17, 15) is 18.4 Å². The third-order valence-electron chi connectivity index (χ3n) is 3.91. The summed E-state index contributed by atoms with van der Waals surface area (Å²) in [5.74, 6) is -1.69. The van der Waals surface area contributed by atoms with Crippen LogP contribution in [0.4, 0.5) is 14.5 Å². The molecule has 0 aliphatic carbocycles. The zero-order valence-corrected chi connectivity index (χ0v) is 14.6. The number of halogens is 2. The lowest BCUT2D eigenvalue weighted by molar-refractivity contribution is -0.116. The molecule has 0 bridgehead atoms. The Morgan fingerprint density at radius 1 is 1.11 bits per heavy atom. The lowest BCUT2D eigenvalue weighted by Gasteiger charge is -2.08. The van der Waals surface area contributed by atoms with E-state index in [2.05, 4.69) is 15.3 Å². The third-order valence-corrected chi connectivity index (χ3v) is 3.91. The number of benzene rings is 2. The van der Waals surface area contributed by atoms with Crippen LogP contribution in [0.2, 0.25) is 0 Å². The van der Waals surface area contributed by atoms with Gasteiger partial charge in [0.2, 0.25) is 5.91 Å². The highest BCUT2D eigenvalue weighted by Crippen LogP contribution is 2.19. The van der Waals surface area contributed by atoms with Crippen LogP contribution in [0.3, 0.4) is 0 Å². The molecular formula is C20H17F2N3O2. The van der Waals surface area contributed by atoms with Crippen LogP contribution in [0.25, 0.3) is 11.4 Å². The Labute approximate surface area is 154 Å². The number of hydrogen-bond acceptors (Lipinski definition) is 3. The second-order valence-electron chi connectivity index (χ2n) is 6.11. The number of carbonyl (C=O) groups excluding carboxylic acids is 1. The maximum absolute atomic E-state index is 13.2. The van der Waals surface area contributed by atoms with Crippen LogP contribution in [0.15, 0.2) is 53.3 Å². The molecule has 7 heteroatoms. The van der Waals surface area contributed by atoms with E-state index in [0.717, 1.165) is 12.1 Å². The summed E-state index contributed by atoms with van der Waals surface area (Å²) in [7, 11) is 0. The van der Waals surface area contributed by atoms with Gasteiger partial charge in [-0.1, -0.05) is 18.2 Å². The van der Waals surface area contributed by atoms with Gasteiger partial charge in [0.1, 0.15) is 5.82 Å². The molecule has 3 aromatic rings. The summed E-state index contributed by atoms with van der Waals surface area (Å²) in [6.07, 6.45) is 0.407. The summed E-state index contributed by atoms with van der Waals surface area (Å²) < 4.78 is 26.1. The minimum Gasteiger partial charge on any atom is -0.326 e. The number of anilines is 1. The van der Waals surface area contributed by atoms with Crippen molar-refractivity contribution in [3.63, 3.8) is 0 Å². The summed E-state index contributed by atoms with van der Waals surface area (Å²) in [5.41, 5.74) is 2.09. The largest absolute Gasteiger partial charge is 0.326 e. The molecule has 0 saturated heterocycles. The topological polar surface area (TPSA) is 74.8 Å². The van der Waals surface area contributed by atoms with Crippen molar-refractivity contribution in [3.05, 3.63) is 81.8 Å². The van der Waals surface area contributed by atoms with Crippen molar-refractivity contribution in [1.29, 1.82) is 0 Å². The minimum atomic E-state index is -0.930. The van der Waals surface area contributed by atoms with Gasteiger partial charge in [0, 0.05) is 29.4 Å². The van der Waals surface area contributed by atoms with Crippen LogP contribution in [0, 0.1) is 18.6 Å². The first kappa shape index (κ1) is 18.4. The SMILES string of the molecule is Cc1cc(=O)[nH]c(-c2cccc(NC(=O)CCc3ccc(F)c(F)c3)c2)n1. The molecule has 0 spiro atoms. The summed E-state index contributed by atoms with van der Waals surface area (Å²) in [6, 6.07) is 11.9. The monoisotopic (exact) mass is 369 g/mol. The Morgan fingerprint density at radius 3 is 2.67 bits per heavy atom. The molecule has 0 saturated carbocycles. The Morgan fingerprint density at radius 2 is 1.93 bits per heavy atom. The van der Waals surface area contributed by atoms with Crippen LogP contribution >= 0.6 is 0 Å². The van der Waals surface area contributed by atoms with E-state index in [1.54, 1.807) is 31.2 Å². The zero-order valence-electron chi connectivity index (χ0n) is 14.6. The number of nitrogens with zero attached hydrogens (tertiary/aromatic N) is 1. The van der Waals surface area contributed by atoms with E-state index < -0.39 is 11.6 Å². The lowest BCUT2D eigenvalue weighted by atomic mass is 10.1. The van der Waals surface area contributed by atoms with Crippen LogP contribution in [-0.4, -0.2) is 15.9 Å². The zero-order chi connectivity index (χ0) is 19.4. The average molecular weight is 369 g/mol. The highest BCUT2D eigenvalue weighted by atomic mass is 19.2. The molecule has 1 aromatic heterocycles. The van der Waals surface area contributed by atoms with Crippen molar-refractivity contribution in [2.75, 3.05) is 5.32 Å². The molecule has 138 valence electrons. The smallest absolute Gasteiger partial charge is 0.251 e. The number of aromatic amines is 1. The van der Waals surface area contributed by atoms with Gasteiger partial charge < -0.3 is 10.3 Å². The highest BCUT2D eigenvalue weighted by Gasteiger charge is 2.08. The lowest BCUT2D eigenvalue weighted by Crippen LogP contribution is -2.13. The maximum atomic E-state index is 13.2. The van der Waals surface area contributed by atoms with Gasteiger partial charge in [-0.15, -0.1) is 0 Å². The van der Waals surface area contributed by atoms with Crippen molar-refractivity contribution in [1.82, 2.24) is 9.97 Å². The van der Waals surface area contributed by atoms with E-state index >= 15 is 0 Å². The number of rotatable bonds is 5. The quantitative estimate of drug-likeness (QED) is 0.722. The Bertz CT molecular complexity index is 1050. The summed E-state index contributed by atoms with van der Waals surface area (Å²) >= 11 is 0. The molecule has 0 aliphatic rings. The fourth-order valence-corrected chi connectivity index (χ4v) is 2.64. The Kier molecular flexibility index (Phi) is 5.40. The van der Waals surface area contributed by atoms with E-state index in [0.29, 0.717) is 28.3 Å². The van der Waals surface area contributed by atoms with Gasteiger partial charge in [0.15, 0.2) is 11.6 Å². The molecule has 0 aliphatic heterocycles. The summed E-state index contributed by atoms with van der Waals surface area (Å²) in [6.45, 7) is 1.72. The van der Waals surface area contributed by atoms with Gasteiger partial charge >= 0.3 is 0 Å². The standard InChI is InChI=1S/C20H17F2N3O2/c1-12-9-19(27)25-20(23-12)14-3-2-4-15(11-14)24-18(26)8-6-13-5-7-16(21)17(22)10-13/h2-5,7,9-11H,6,8H2,1H3,(H,24,26)(H,23,25,27). The van der Waals surface area contributed by atoms with E-state index in [-0.39, 0.29) is 24.3 Å². The number of H-pyrrole nitrogens is 1. The molecular weight excluding hydrogens is 352 g/mol. The molecule has 0 radical (unpaired) electrons. The molecule has 2 aromatic carbocycles. The first-order valence-electron chi connectivity index (χ1n) is 8.33. The van der Waals surface area contributed by atoms with Gasteiger partial charge in [0.25, 0.3) is 5.56 Å². The highest BCUT2D eigenvalue weighted by molar-refractivity contribution is 5.91. The average Bonchev–Trinajstić information content (AvgIpc) is 2.62. The van der Waals surface area contributed by atoms with Crippen molar-refractivity contribution in [2.24, 2.45) is 0 Å². The van der Waals surface area contributed by atoms with Gasteiger partial charge in [-0.3, -0.25) is 9.59 Å². The van der Waals surface area contributed by atoms with Crippen molar-refractivity contribution in [3.8, 4) is 11.4 Å². The van der Waals surface area contributed by atoms with Gasteiger partial charge in [-0.2, -0.15) is 0 Å². The van der Waals surface area contributed by atoms with Gasteiger partial charge in [-0.25, -0.2) is 13.8 Å². The summed E-state index contributed by atoms with van der Waals surface area (Å²) in [5, 5.41) is 2.75. The molecule has 0 atom stereocenters. The van der Waals surface area contributed by atoms with Crippen LogP contribution in [0.1, 0.15) is 17.7 Å². The number of hydrogen-bond donors (Lipinski definition) is 2. The molecule has 27 heavy (non-hydrogen) atoms. The van der Waals surface area contributed by atoms with Gasteiger partial charge in [-0.05, 0) is 43.2 Å². The van der Waals surface area contributed by atoms with Crippen molar-refractivity contribution < 1.29 is 13.6 Å². The molecule has 1 heterocycles. The Balaban J connectivity index is 1.67. The molecule has 3 rings (SSSR count).